The number of fused-ring (bicyclic) bond motifs is 1. The molecule has 3 heterocycles. The van der Waals surface area contributed by atoms with E-state index in [9.17, 15) is 14.4 Å². The minimum absolute atomic E-state index is 0.0615. The third-order valence-electron chi connectivity index (χ3n) is 6.60. The Kier molecular flexibility index (Phi) is 6.83. The molecular weight excluding hydrogens is 432 g/mol. The highest BCUT2D eigenvalue weighted by molar-refractivity contribution is 5.94. The van der Waals surface area contributed by atoms with Crippen LogP contribution in [-0.2, 0) is 20.1 Å². The van der Waals surface area contributed by atoms with E-state index < -0.39 is 0 Å². The van der Waals surface area contributed by atoms with Crippen molar-refractivity contribution < 1.29 is 4.79 Å². The molecule has 1 amide bonds. The summed E-state index contributed by atoms with van der Waals surface area (Å²) in [5, 5.41) is 0. The maximum absolute atomic E-state index is 12.8. The number of amides is 1. The minimum atomic E-state index is -0.340. The van der Waals surface area contributed by atoms with E-state index in [-0.39, 0.29) is 17.2 Å². The lowest BCUT2D eigenvalue weighted by atomic mass is 10.1. The summed E-state index contributed by atoms with van der Waals surface area (Å²) in [6.45, 7) is 10.9. The number of imidazole rings is 1. The lowest BCUT2D eigenvalue weighted by molar-refractivity contribution is 0.0643. The van der Waals surface area contributed by atoms with Crippen molar-refractivity contribution >= 4 is 29.2 Å². The summed E-state index contributed by atoms with van der Waals surface area (Å²) in [5.41, 5.74) is 1.73. The van der Waals surface area contributed by atoms with Gasteiger partial charge in [-0.1, -0.05) is 25.1 Å². The average molecular weight is 465 g/mol. The Morgan fingerprint density at radius 2 is 1.56 bits per heavy atom. The van der Waals surface area contributed by atoms with Crippen LogP contribution in [-0.4, -0.2) is 67.1 Å². The summed E-state index contributed by atoms with van der Waals surface area (Å²) in [6, 6.07) is 7.50. The quantitative estimate of drug-likeness (QED) is 0.556. The molecule has 0 aliphatic carbocycles. The van der Waals surface area contributed by atoms with Gasteiger partial charge >= 0.3 is 5.69 Å². The zero-order chi connectivity index (χ0) is 24.4. The van der Waals surface area contributed by atoms with Crippen molar-refractivity contribution in [2.45, 2.75) is 33.9 Å². The highest BCUT2D eigenvalue weighted by Gasteiger charge is 2.21. The van der Waals surface area contributed by atoms with Gasteiger partial charge in [0.2, 0.25) is 0 Å². The fraction of sp³-hybridized carbons (Fsp3) is 0.440. The van der Waals surface area contributed by atoms with Crippen LogP contribution in [0.5, 0.6) is 0 Å². The molecule has 1 aliphatic heterocycles. The number of likely N-dealkylation sites (N-methyl/N-ethyl adjacent to an activating group) is 1. The Hall–Kier alpha value is -3.46. The molecule has 1 fully saturated rings. The van der Waals surface area contributed by atoms with Crippen LogP contribution in [0.3, 0.4) is 0 Å². The van der Waals surface area contributed by atoms with Crippen molar-refractivity contribution in [3.63, 3.8) is 0 Å². The Bertz CT molecular complexity index is 1340. The van der Waals surface area contributed by atoms with Gasteiger partial charge < -0.3 is 14.4 Å². The van der Waals surface area contributed by atoms with Gasteiger partial charge in [-0.05, 0) is 44.2 Å². The molecular formula is C25H32N6O3. The molecule has 0 N–H and O–H groups in total. The van der Waals surface area contributed by atoms with E-state index in [4.69, 9.17) is 0 Å². The lowest BCUT2D eigenvalue weighted by Gasteiger charge is -2.34. The molecule has 0 spiro atoms. The maximum atomic E-state index is 12.8. The van der Waals surface area contributed by atoms with Gasteiger partial charge in [-0.25, -0.2) is 9.78 Å². The maximum Gasteiger partial charge on any atom is 0.332 e. The van der Waals surface area contributed by atoms with Crippen molar-refractivity contribution in [3.8, 4) is 0 Å². The number of hydrogen-bond acceptors (Lipinski definition) is 5. The molecule has 0 atom stereocenters. The Morgan fingerprint density at radius 1 is 0.912 bits per heavy atom. The second kappa shape index (κ2) is 9.80. The molecule has 3 aromatic rings. The van der Waals surface area contributed by atoms with E-state index in [0.717, 1.165) is 38.3 Å². The van der Waals surface area contributed by atoms with Crippen LogP contribution in [0.1, 0.15) is 42.5 Å². The molecule has 180 valence electrons. The topological polar surface area (TPSA) is 85.4 Å². The molecule has 0 unspecified atom stereocenters. The van der Waals surface area contributed by atoms with Crippen molar-refractivity contribution in [1.29, 1.82) is 0 Å². The minimum Gasteiger partial charge on any atom is -0.336 e. The van der Waals surface area contributed by atoms with E-state index in [2.05, 4.69) is 16.8 Å². The highest BCUT2D eigenvalue weighted by atomic mass is 16.2. The molecule has 1 saturated heterocycles. The van der Waals surface area contributed by atoms with Crippen molar-refractivity contribution in [1.82, 2.24) is 28.5 Å². The van der Waals surface area contributed by atoms with Crippen LogP contribution in [0.15, 0.2) is 33.9 Å². The summed E-state index contributed by atoms with van der Waals surface area (Å²) < 4.78 is 4.48. The summed E-state index contributed by atoms with van der Waals surface area (Å²) in [5.74, 6) is 0.642. The molecule has 4 rings (SSSR count). The number of nitrogens with zero attached hydrogens (tertiary/aromatic N) is 6. The number of rotatable bonds is 6. The first kappa shape index (κ1) is 23.7. The lowest BCUT2D eigenvalue weighted by Crippen LogP contribution is -2.48. The predicted octanol–water partition coefficient (Wildman–Crippen LogP) is 1.88. The van der Waals surface area contributed by atoms with Crippen molar-refractivity contribution in [2.24, 2.45) is 7.05 Å². The van der Waals surface area contributed by atoms with Crippen LogP contribution < -0.4 is 11.2 Å². The largest absolute Gasteiger partial charge is 0.336 e. The first-order valence-corrected chi connectivity index (χ1v) is 11.9. The fourth-order valence-electron chi connectivity index (χ4n) is 4.45. The number of carbonyl (C=O) groups is 1. The normalized spacial score (nSPS) is 15.0. The van der Waals surface area contributed by atoms with Gasteiger partial charge in [0, 0.05) is 51.9 Å². The van der Waals surface area contributed by atoms with Crippen molar-refractivity contribution in [2.75, 3.05) is 32.7 Å². The van der Waals surface area contributed by atoms with Crippen LogP contribution >= 0.6 is 0 Å². The van der Waals surface area contributed by atoms with E-state index in [1.807, 2.05) is 48.2 Å². The van der Waals surface area contributed by atoms with E-state index in [1.54, 1.807) is 18.5 Å². The standard InChI is InChI=1S/C25H32N6O3/c1-5-28-14-16-29(17-15-28)23(32)19-11-8-18(9-12-19)10-13-20-26-22-21(27(20)4)24(33)31(7-3)25(34)30(22)6-2/h8-13H,5-7,14-17H2,1-4H3/b13-10+. The molecule has 9 nitrogen and oxygen atoms in total. The number of benzene rings is 1. The molecule has 0 saturated carbocycles. The van der Waals surface area contributed by atoms with Gasteiger partial charge in [-0.15, -0.1) is 0 Å². The number of aromatic nitrogens is 4. The van der Waals surface area contributed by atoms with Crippen LogP contribution in [0.4, 0.5) is 0 Å². The second-order valence-electron chi connectivity index (χ2n) is 8.46. The van der Waals surface area contributed by atoms with Gasteiger partial charge in [0.1, 0.15) is 5.82 Å². The zero-order valence-electron chi connectivity index (χ0n) is 20.3. The Balaban J connectivity index is 1.57. The molecule has 34 heavy (non-hydrogen) atoms. The number of aryl methyl sites for hydroxylation is 2. The first-order chi connectivity index (χ1) is 16.4. The summed E-state index contributed by atoms with van der Waals surface area (Å²) in [7, 11) is 1.78. The summed E-state index contributed by atoms with van der Waals surface area (Å²) in [6.07, 6.45) is 3.71. The number of hydrogen-bond donors (Lipinski definition) is 0. The molecule has 0 radical (unpaired) electrons. The molecule has 9 heteroatoms. The summed E-state index contributed by atoms with van der Waals surface area (Å²) in [4.78, 5) is 47.1. The molecule has 0 bridgehead atoms. The highest BCUT2D eigenvalue weighted by Crippen LogP contribution is 2.15. The molecule has 1 aromatic carbocycles. The van der Waals surface area contributed by atoms with Crippen molar-refractivity contribution in [3.05, 3.63) is 62.1 Å². The third kappa shape index (κ3) is 4.23. The van der Waals surface area contributed by atoms with Gasteiger partial charge in [-0.2, -0.15) is 0 Å². The summed E-state index contributed by atoms with van der Waals surface area (Å²) >= 11 is 0. The Labute approximate surface area is 198 Å². The van der Waals surface area contributed by atoms with Crippen LogP contribution in [0, 0.1) is 0 Å². The predicted molar refractivity (Wildman–Crippen MR) is 134 cm³/mol. The SMILES string of the molecule is CCN1CCN(C(=O)c2ccc(/C=C/c3nc4c(c(=O)n(CC)c(=O)n4CC)n3C)cc2)CC1. The van der Waals surface area contributed by atoms with E-state index >= 15 is 0 Å². The number of carbonyl (C=O) groups excluding carboxylic acids is 1. The Morgan fingerprint density at radius 3 is 2.15 bits per heavy atom. The smallest absolute Gasteiger partial charge is 0.332 e. The average Bonchev–Trinajstić information content (AvgIpc) is 3.19. The van der Waals surface area contributed by atoms with Gasteiger partial charge in [0.25, 0.3) is 11.5 Å². The molecule has 1 aliphatic rings. The van der Waals surface area contributed by atoms with Crippen LogP contribution in [0.25, 0.3) is 23.3 Å². The molecule has 2 aromatic heterocycles. The van der Waals surface area contributed by atoms with Crippen LogP contribution in [0.2, 0.25) is 0 Å². The van der Waals surface area contributed by atoms with Gasteiger partial charge in [-0.3, -0.25) is 18.7 Å². The monoisotopic (exact) mass is 464 g/mol. The second-order valence-corrected chi connectivity index (χ2v) is 8.46. The first-order valence-electron chi connectivity index (χ1n) is 11.9. The number of piperazine rings is 1. The third-order valence-corrected chi connectivity index (χ3v) is 6.60. The van der Waals surface area contributed by atoms with Gasteiger partial charge in [0.05, 0.1) is 0 Å². The van der Waals surface area contributed by atoms with E-state index in [1.165, 1.54) is 9.13 Å². The zero-order valence-corrected chi connectivity index (χ0v) is 20.3. The van der Waals surface area contributed by atoms with Gasteiger partial charge in [0.15, 0.2) is 11.2 Å². The fourth-order valence-corrected chi connectivity index (χ4v) is 4.45. The van der Waals surface area contributed by atoms with E-state index in [0.29, 0.717) is 35.6 Å².